The Morgan fingerprint density at radius 2 is 2.13 bits per heavy atom. The van der Waals surface area contributed by atoms with Gasteiger partial charge in [-0.2, -0.15) is 0 Å². The first-order valence-electron chi connectivity index (χ1n) is 7.87. The van der Waals surface area contributed by atoms with Gasteiger partial charge in [0.15, 0.2) is 0 Å². The Morgan fingerprint density at radius 3 is 2.87 bits per heavy atom. The highest BCUT2D eigenvalue weighted by Gasteiger charge is 2.39. The van der Waals surface area contributed by atoms with E-state index in [0.29, 0.717) is 25.1 Å². The van der Waals surface area contributed by atoms with Crippen molar-refractivity contribution in [2.24, 2.45) is 0 Å². The van der Waals surface area contributed by atoms with E-state index in [2.05, 4.69) is 15.0 Å². The van der Waals surface area contributed by atoms with Gasteiger partial charge in [0.2, 0.25) is 0 Å². The van der Waals surface area contributed by atoms with Crippen molar-refractivity contribution in [1.82, 2.24) is 10.2 Å². The van der Waals surface area contributed by atoms with Crippen molar-refractivity contribution in [3.8, 4) is 5.75 Å². The summed E-state index contributed by atoms with van der Waals surface area (Å²) in [6.07, 6.45) is -3.15. The highest BCUT2D eigenvalue weighted by Crippen LogP contribution is 2.28. The molecule has 0 bridgehead atoms. The summed E-state index contributed by atoms with van der Waals surface area (Å²) in [6.45, 7) is 4.80. The Bertz CT molecular complexity index is 530. The van der Waals surface area contributed by atoms with Crippen LogP contribution in [0.2, 0.25) is 0 Å². The third-order valence-corrected chi connectivity index (χ3v) is 4.43. The average molecular weight is 330 g/mol. The molecule has 1 aromatic carbocycles. The van der Waals surface area contributed by atoms with Gasteiger partial charge in [0, 0.05) is 26.2 Å². The molecule has 2 aliphatic heterocycles. The minimum Gasteiger partial charge on any atom is -0.406 e. The minimum absolute atomic E-state index is 0.106. The fourth-order valence-corrected chi connectivity index (χ4v) is 3.31. The molecule has 2 aliphatic rings. The van der Waals surface area contributed by atoms with E-state index in [9.17, 15) is 13.2 Å². The molecule has 1 unspecified atom stereocenters. The fourth-order valence-electron chi connectivity index (χ4n) is 3.31. The zero-order valence-corrected chi connectivity index (χ0v) is 12.9. The first-order chi connectivity index (χ1) is 11.0. The van der Waals surface area contributed by atoms with E-state index >= 15 is 0 Å². The summed E-state index contributed by atoms with van der Waals surface area (Å²) in [7, 11) is 0. The largest absolute Gasteiger partial charge is 0.573 e. The minimum atomic E-state index is -4.66. The monoisotopic (exact) mass is 330 g/mol. The quantitative estimate of drug-likeness (QED) is 0.918. The number of hydrogen-bond acceptors (Lipinski definition) is 4. The number of ether oxygens (including phenoxy) is 2. The number of nitrogens with zero attached hydrogens (tertiary/aromatic N) is 1. The molecular weight excluding hydrogens is 309 g/mol. The fraction of sp³-hybridized carbons (Fsp3) is 0.625. The van der Waals surface area contributed by atoms with E-state index in [-0.39, 0.29) is 11.4 Å². The number of alkyl halides is 3. The van der Waals surface area contributed by atoms with Crippen LogP contribution in [0.25, 0.3) is 0 Å². The van der Waals surface area contributed by atoms with E-state index in [0.717, 1.165) is 32.6 Å². The maximum Gasteiger partial charge on any atom is 0.573 e. The molecule has 2 heterocycles. The Labute approximate surface area is 133 Å². The van der Waals surface area contributed by atoms with E-state index in [1.807, 2.05) is 0 Å². The van der Waals surface area contributed by atoms with Crippen LogP contribution >= 0.6 is 0 Å². The van der Waals surface area contributed by atoms with Gasteiger partial charge >= 0.3 is 6.36 Å². The lowest BCUT2D eigenvalue weighted by Gasteiger charge is -2.40. The van der Waals surface area contributed by atoms with Crippen LogP contribution in [-0.2, 0) is 11.2 Å². The number of halogens is 3. The SMILES string of the molecule is FC(F)(F)Oc1ccccc1CCN1CCOC2(CCNC2)C1. The summed E-state index contributed by atoms with van der Waals surface area (Å²) in [4.78, 5) is 2.26. The van der Waals surface area contributed by atoms with Gasteiger partial charge in [-0.15, -0.1) is 13.2 Å². The van der Waals surface area contributed by atoms with Crippen LogP contribution in [0.4, 0.5) is 13.2 Å². The Kier molecular flexibility index (Phi) is 4.79. The summed E-state index contributed by atoms with van der Waals surface area (Å²) >= 11 is 0. The van der Waals surface area contributed by atoms with E-state index in [1.165, 1.54) is 6.07 Å². The molecule has 1 N–H and O–H groups in total. The van der Waals surface area contributed by atoms with Gasteiger partial charge in [-0.1, -0.05) is 18.2 Å². The lowest BCUT2D eigenvalue weighted by atomic mass is 10.00. The molecule has 0 aromatic heterocycles. The van der Waals surface area contributed by atoms with Crippen molar-refractivity contribution >= 4 is 0 Å². The molecule has 128 valence electrons. The predicted octanol–water partition coefficient (Wildman–Crippen LogP) is 2.19. The predicted molar refractivity (Wildman–Crippen MR) is 79.4 cm³/mol. The van der Waals surface area contributed by atoms with Crippen LogP contribution in [-0.4, -0.2) is 56.2 Å². The molecule has 2 fully saturated rings. The summed E-state index contributed by atoms with van der Waals surface area (Å²) in [5, 5.41) is 3.32. The van der Waals surface area contributed by atoms with Crippen molar-refractivity contribution in [2.45, 2.75) is 24.8 Å². The summed E-state index contributed by atoms with van der Waals surface area (Å²) in [6, 6.07) is 6.34. The van der Waals surface area contributed by atoms with Crippen molar-refractivity contribution < 1.29 is 22.6 Å². The maximum absolute atomic E-state index is 12.5. The topological polar surface area (TPSA) is 33.7 Å². The van der Waals surface area contributed by atoms with Crippen molar-refractivity contribution in [2.75, 3.05) is 39.3 Å². The van der Waals surface area contributed by atoms with Crippen LogP contribution in [0.1, 0.15) is 12.0 Å². The van der Waals surface area contributed by atoms with Crippen LogP contribution < -0.4 is 10.1 Å². The lowest BCUT2D eigenvalue weighted by molar-refractivity contribution is -0.274. The molecule has 4 nitrogen and oxygen atoms in total. The Morgan fingerprint density at radius 1 is 1.30 bits per heavy atom. The first kappa shape index (κ1) is 16.5. The molecule has 23 heavy (non-hydrogen) atoms. The van der Waals surface area contributed by atoms with Crippen molar-refractivity contribution in [1.29, 1.82) is 0 Å². The molecule has 0 radical (unpaired) electrons. The van der Waals surface area contributed by atoms with Crippen molar-refractivity contribution in [3.63, 3.8) is 0 Å². The number of benzene rings is 1. The molecule has 0 aliphatic carbocycles. The third kappa shape index (κ3) is 4.37. The Hall–Kier alpha value is -1.31. The van der Waals surface area contributed by atoms with E-state index in [1.54, 1.807) is 18.2 Å². The maximum atomic E-state index is 12.5. The summed E-state index contributed by atoms with van der Waals surface area (Å²) in [5.41, 5.74) is 0.454. The second-order valence-electron chi connectivity index (χ2n) is 6.14. The normalized spacial score (nSPS) is 25.9. The van der Waals surface area contributed by atoms with Gasteiger partial charge in [0.25, 0.3) is 0 Å². The average Bonchev–Trinajstić information content (AvgIpc) is 2.93. The molecule has 1 atom stereocenters. The number of para-hydroxylation sites is 1. The van der Waals surface area contributed by atoms with Crippen molar-refractivity contribution in [3.05, 3.63) is 29.8 Å². The van der Waals surface area contributed by atoms with Gasteiger partial charge in [-0.3, -0.25) is 4.90 Å². The van der Waals surface area contributed by atoms with Crippen LogP contribution in [0.5, 0.6) is 5.75 Å². The van der Waals surface area contributed by atoms with Crippen LogP contribution in [0.15, 0.2) is 24.3 Å². The first-order valence-corrected chi connectivity index (χ1v) is 7.87. The molecular formula is C16H21F3N2O2. The number of rotatable bonds is 4. The molecule has 1 spiro atoms. The van der Waals surface area contributed by atoms with E-state index in [4.69, 9.17) is 4.74 Å². The highest BCUT2D eigenvalue weighted by molar-refractivity contribution is 5.33. The van der Waals surface area contributed by atoms with Crippen LogP contribution in [0.3, 0.4) is 0 Å². The number of morpholine rings is 1. The number of nitrogens with one attached hydrogen (secondary N) is 1. The number of hydrogen-bond donors (Lipinski definition) is 1. The molecule has 2 saturated heterocycles. The second-order valence-corrected chi connectivity index (χ2v) is 6.14. The van der Waals surface area contributed by atoms with Gasteiger partial charge in [0.05, 0.1) is 12.2 Å². The second kappa shape index (κ2) is 6.67. The van der Waals surface area contributed by atoms with Crippen LogP contribution in [0, 0.1) is 0 Å². The van der Waals surface area contributed by atoms with E-state index < -0.39 is 6.36 Å². The standard InChI is InChI=1S/C16H21F3N2O2/c17-16(18,19)23-14-4-2-1-3-13(14)5-8-21-9-10-22-15(12-21)6-7-20-11-15/h1-4,20H,5-12H2. The van der Waals surface area contributed by atoms with Gasteiger partial charge < -0.3 is 14.8 Å². The third-order valence-electron chi connectivity index (χ3n) is 4.43. The summed E-state index contributed by atoms with van der Waals surface area (Å²) < 4.78 is 47.4. The summed E-state index contributed by atoms with van der Waals surface area (Å²) in [5.74, 6) is -0.106. The lowest BCUT2D eigenvalue weighted by Crippen LogP contribution is -2.53. The van der Waals surface area contributed by atoms with Gasteiger partial charge in [0.1, 0.15) is 5.75 Å². The molecule has 0 saturated carbocycles. The molecule has 0 amide bonds. The molecule has 3 rings (SSSR count). The molecule has 7 heteroatoms. The molecule has 1 aromatic rings. The van der Waals surface area contributed by atoms with Gasteiger partial charge in [-0.25, -0.2) is 0 Å². The smallest absolute Gasteiger partial charge is 0.406 e. The zero-order chi connectivity index (χ0) is 16.3. The highest BCUT2D eigenvalue weighted by atomic mass is 19.4. The van der Waals surface area contributed by atoms with Gasteiger partial charge in [-0.05, 0) is 31.0 Å². The zero-order valence-electron chi connectivity index (χ0n) is 12.9. The Balaban J connectivity index is 1.60.